The SMILES string of the molecule is COC(=O)CN(SC(Cl)(Cl)Cl)S(=O)(=O)c1ccccc1. The molecule has 1 aromatic rings. The number of alkyl halides is 3. The van der Waals surface area contributed by atoms with Crippen LogP contribution in [0.3, 0.4) is 0 Å². The third kappa shape index (κ3) is 5.31. The van der Waals surface area contributed by atoms with Crippen LogP contribution in [0.4, 0.5) is 0 Å². The summed E-state index contributed by atoms with van der Waals surface area (Å²) in [4.78, 5) is 11.3. The highest BCUT2D eigenvalue weighted by atomic mass is 35.6. The molecule has 10 heteroatoms. The number of hydrogen-bond donors (Lipinski definition) is 0. The lowest BCUT2D eigenvalue weighted by Gasteiger charge is -2.23. The number of carbonyl (C=O) groups excluding carboxylic acids is 1. The van der Waals surface area contributed by atoms with E-state index in [1.165, 1.54) is 12.1 Å². The zero-order valence-corrected chi connectivity index (χ0v) is 14.0. The Balaban J connectivity index is 3.12. The average Bonchev–Trinajstić information content (AvgIpc) is 2.37. The molecule has 0 bridgehead atoms. The second-order valence-corrected chi connectivity index (χ2v) is 9.67. The topological polar surface area (TPSA) is 63.7 Å². The molecule has 0 atom stereocenters. The number of sulfonamides is 1. The van der Waals surface area contributed by atoms with E-state index in [4.69, 9.17) is 34.8 Å². The van der Waals surface area contributed by atoms with Crippen molar-refractivity contribution in [2.75, 3.05) is 13.7 Å². The summed E-state index contributed by atoms with van der Waals surface area (Å²) in [6, 6.07) is 7.50. The standard InChI is InChI=1S/C10H10Cl3NO4S2/c1-18-9(15)7-14(19-10(11,12)13)20(16,17)8-5-3-2-4-6-8/h2-6H,7H2,1H3. The molecule has 5 nitrogen and oxygen atoms in total. The lowest BCUT2D eigenvalue weighted by Crippen LogP contribution is -2.32. The summed E-state index contributed by atoms with van der Waals surface area (Å²) in [5.74, 6) is -0.772. The van der Waals surface area contributed by atoms with Crippen molar-refractivity contribution in [3.8, 4) is 0 Å². The van der Waals surface area contributed by atoms with E-state index >= 15 is 0 Å². The van der Waals surface area contributed by atoms with E-state index < -0.39 is 25.7 Å². The highest BCUT2D eigenvalue weighted by molar-refractivity contribution is 8.11. The first-order valence-corrected chi connectivity index (χ1v) is 8.42. The minimum atomic E-state index is -4.00. The second-order valence-electron chi connectivity index (χ2n) is 3.39. The number of esters is 1. The highest BCUT2D eigenvalue weighted by Gasteiger charge is 2.35. The summed E-state index contributed by atoms with van der Waals surface area (Å²) >= 11 is 17.1. The molecule has 0 spiro atoms. The van der Waals surface area contributed by atoms with E-state index in [2.05, 4.69) is 4.74 Å². The van der Waals surface area contributed by atoms with Gasteiger partial charge in [-0.1, -0.05) is 53.0 Å². The molecule has 0 aliphatic rings. The molecule has 0 amide bonds. The minimum Gasteiger partial charge on any atom is -0.468 e. The van der Waals surface area contributed by atoms with Crippen LogP contribution in [0.15, 0.2) is 35.2 Å². The molecule has 112 valence electrons. The molecule has 0 heterocycles. The Kier molecular flexibility index (Phi) is 6.43. The Morgan fingerprint density at radius 3 is 2.30 bits per heavy atom. The second kappa shape index (κ2) is 7.20. The van der Waals surface area contributed by atoms with Crippen molar-refractivity contribution in [2.24, 2.45) is 0 Å². The van der Waals surface area contributed by atoms with E-state index in [0.717, 1.165) is 7.11 Å². The van der Waals surface area contributed by atoms with Crippen LogP contribution in [-0.4, -0.2) is 34.9 Å². The van der Waals surface area contributed by atoms with Crippen LogP contribution in [0.5, 0.6) is 0 Å². The van der Waals surface area contributed by atoms with Crippen molar-refractivity contribution < 1.29 is 17.9 Å². The van der Waals surface area contributed by atoms with Crippen molar-refractivity contribution in [1.82, 2.24) is 3.71 Å². The lowest BCUT2D eigenvalue weighted by atomic mass is 10.4. The van der Waals surface area contributed by atoms with Gasteiger partial charge in [-0.05, 0) is 24.1 Å². The van der Waals surface area contributed by atoms with E-state index in [9.17, 15) is 13.2 Å². The van der Waals surface area contributed by atoms with Crippen molar-refractivity contribution in [2.45, 2.75) is 8.02 Å². The molecule has 0 aliphatic carbocycles. The monoisotopic (exact) mass is 377 g/mol. The van der Waals surface area contributed by atoms with Gasteiger partial charge in [0.05, 0.1) is 12.0 Å². The van der Waals surface area contributed by atoms with Crippen molar-refractivity contribution in [3.63, 3.8) is 0 Å². The molecular weight excluding hydrogens is 369 g/mol. The molecule has 0 N–H and O–H groups in total. The van der Waals surface area contributed by atoms with E-state index in [1.54, 1.807) is 18.2 Å². The predicted octanol–water partition coefficient (Wildman–Crippen LogP) is 2.83. The Labute approximate surface area is 136 Å². The highest BCUT2D eigenvalue weighted by Crippen LogP contribution is 2.43. The Bertz CT molecular complexity index is 560. The summed E-state index contributed by atoms with van der Waals surface area (Å²) in [6.07, 6.45) is 0. The molecular formula is C10H10Cl3NO4S2. The van der Waals surface area contributed by atoms with Crippen LogP contribution in [0.2, 0.25) is 0 Å². The molecule has 0 unspecified atom stereocenters. The fourth-order valence-corrected chi connectivity index (χ4v) is 4.68. The van der Waals surface area contributed by atoms with Crippen LogP contribution in [-0.2, 0) is 19.6 Å². The van der Waals surface area contributed by atoms with Gasteiger partial charge in [0, 0.05) is 0 Å². The fourth-order valence-electron chi connectivity index (χ4n) is 1.16. The van der Waals surface area contributed by atoms with Gasteiger partial charge in [0.25, 0.3) is 13.1 Å². The quantitative estimate of drug-likeness (QED) is 0.448. The number of methoxy groups -OCH3 is 1. The summed E-state index contributed by atoms with van der Waals surface area (Å²) in [6.45, 7) is -0.577. The van der Waals surface area contributed by atoms with Crippen molar-refractivity contribution in [1.29, 1.82) is 0 Å². The van der Waals surface area contributed by atoms with Gasteiger partial charge < -0.3 is 4.74 Å². The van der Waals surface area contributed by atoms with E-state index in [0.29, 0.717) is 15.7 Å². The molecule has 1 aromatic carbocycles. The van der Waals surface area contributed by atoms with E-state index in [-0.39, 0.29) is 4.90 Å². The van der Waals surface area contributed by atoms with Crippen molar-refractivity contribution in [3.05, 3.63) is 30.3 Å². The molecule has 0 saturated heterocycles. The molecule has 0 aromatic heterocycles. The first kappa shape index (κ1) is 17.9. The number of rotatable bonds is 5. The van der Waals surface area contributed by atoms with Gasteiger partial charge in [-0.2, -0.15) is 0 Å². The number of halogens is 3. The Morgan fingerprint density at radius 2 is 1.85 bits per heavy atom. The van der Waals surface area contributed by atoms with Gasteiger partial charge in [0.1, 0.15) is 6.54 Å². The van der Waals surface area contributed by atoms with Crippen molar-refractivity contribution >= 4 is 62.7 Å². The minimum absolute atomic E-state index is 0.0225. The number of benzene rings is 1. The maximum atomic E-state index is 12.4. The van der Waals surface area contributed by atoms with Gasteiger partial charge in [0.15, 0.2) is 0 Å². The molecule has 20 heavy (non-hydrogen) atoms. The van der Waals surface area contributed by atoms with Crippen LogP contribution in [0, 0.1) is 0 Å². The van der Waals surface area contributed by atoms with Crippen LogP contribution >= 0.6 is 46.8 Å². The number of nitrogens with zero attached hydrogens (tertiary/aromatic N) is 1. The fraction of sp³-hybridized carbons (Fsp3) is 0.300. The van der Waals surface area contributed by atoms with Gasteiger partial charge in [-0.15, -0.1) is 3.71 Å². The van der Waals surface area contributed by atoms with Gasteiger partial charge in [-0.3, -0.25) is 4.79 Å². The molecule has 0 fully saturated rings. The molecule has 0 saturated carbocycles. The van der Waals surface area contributed by atoms with Gasteiger partial charge in [-0.25, -0.2) is 8.42 Å². The number of hydrogen-bond acceptors (Lipinski definition) is 5. The zero-order valence-electron chi connectivity index (χ0n) is 10.1. The van der Waals surface area contributed by atoms with E-state index in [1.807, 2.05) is 0 Å². The number of ether oxygens (including phenoxy) is 1. The predicted molar refractivity (Wildman–Crippen MR) is 80.2 cm³/mol. The maximum Gasteiger partial charge on any atom is 0.322 e. The third-order valence-corrected chi connectivity index (χ3v) is 5.51. The lowest BCUT2D eigenvalue weighted by molar-refractivity contribution is -0.140. The Hall–Kier alpha value is -0.180. The Morgan fingerprint density at radius 1 is 1.30 bits per heavy atom. The van der Waals surface area contributed by atoms with Gasteiger partial charge in [0.2, 0.25) is 0 Å². The number of carbonyl (C=O) groups is 1. The zero-order chi connectivity index (χ0) is 15.4. The van der Waals surface area contributed by atoms with Crippen LogP contribution in [0.25, 0.3) is 0 Å². The first-order chi connectivity index (χ1) is 9.16. The summed E-state index contributed by atoms with van der Waals surface area (Å²) in [5, 5.41) is 0. The molecule has 0 aliphatic heterocycles. The average molecular weight is 379 g/mol. The third-order valence-electron chi connectivity index (χ3n) is 2.00. The van der Waals surface area contributed by atoms with Crippen LogP contribution in [0.1, 0.15) is 0 Å². The molecule has 1 rings (SSSR count). The largest absolute Gasteiger partial charge is 0.468 e. The maximum absolute atomic E-state index is 12.4. The summed E-state index contributed by atoms with van der Waals surface area (Å²) < 4.78 is 28.0. The first-order valence-electron chi connectivity index (χ1n) is 5.07. The summed E-state index contributed by atoms with van der Waals surface area (Å²) in [5.41, 5.74) is 0. The molecule has 0 radical (unpaired) electrons. The summed E-state index contributed by atoms with van der Waals surface area (Å²) in [7, 11) is -2.86. The smallest absolute Gasteiger partial charge is 0.322 e. The normalized spacial score (nSPS) is 12.4. The van der Waals surface area contributed by atoms with Gasteiger partial charge >= 0.3 is 5.97 Å². The van der Waals surface area contributed by atoms with Crippen LogP contribution < -0.4 is 0 Å².